The number of thiophene rings is 1. The Hall–Kier alpha value is -2.53. The van der Waals surface area contributed by atoms with Crippen molar-refractivity contribution in [3.8, 4) is 20.9 Å². The van der Waals surface area contributed by atoms with E-state index in [1.807, 2.05) is 31.2 Å². The van der Waals surface area contributed by atoms with E-state index in [4.69, 9.17) is 4.74 Å². The van der Waals surface area contributed by atoms with Crippen molar-refractivity contribution >= 4 is 17.3 Å². The minimum atomic E-state index is -0.158. The van der Waals surface area contributed by atoms with Crippen molar-refractivity contribution in [3.05, 3.63) is 60.7 Å². The molecule has 24 heavy (non-hydrogen) atoms. The van der Waals surface area contributed by atoms with Gasteiger partial charge in [-0.25, -0.2) is 0 Å². The molecule has 4 nitrogen and oxygen atoms in total. The number of rotatable bonds is 6. The Labute approximate surface area is 145 Å². The van der Waals surface area contributed by atoms with Gasteiger partial charge in [0.05, 0.1) is 6.61 Å². The second kappa shape index (κ2) is 7.84. The summed E-state index contributed by atoms with van der Waals surface area (Å²) < 4.78 is 5.05. The number of aromatic nitrogens is 2. The van der Waals surface area contributed by atoms with Gasteiger partial charge in [0.2, 0.25) is 0 Å². The molecule has 0 aliphatic carbocycles. The maximum absolute atomic E-state index is 11.7. The normalized spacial score (nSPS) is 10.5. The number of nitrogens with zero attached hydrogens (tertiary/aromatic N) is 2. The Morgan fingerprint density at radius 3 is 2.29 bits per heavy atom. The predicted octanol–water partition coefficient (Wildman–Crippen LogP) is 4.37. The van der Waals surface area contributed by atoms with Crippen LogP contribution in [0.3, 0.4) is 0 Å². The number of hydrogen-bond acceptors (Lipinski definition) is 5. The van der Waals surface area contributed by atoms with Gasteiger partial charge in [-0.3, -0.25) is 14.8 Å². The number of ether oxygens (including phenoxy) is 1. The fourth-order valence-electron chi connectivity index (χ4n) is 2.49. The van der Waals surface area contributed by atoms with Crippen LogP contribution in [0.15, 0.2) is 55.1 Å². The van der Waals surface area contributed by atoms with E-state index in [1.165, 1.54) is 9.75 Å². The predicted molar refractivity (Wildman–Crippen MR) is 95.7 cm³/mol. The molecule has 0 spiro atoms. The summed E-state index contributed by atoms with van der Waals surface area (Å²) in [6.45, 7) is 2.24. The van der Waals surface area contributed by atoms with Gasteiger partial charge in [0, 0.05) is 41.0 Å². The second-order valence-electron chi connectivity index (χ2n) is 5.24. The first-order chi connectivity index (χ1) is 11.8. The average Bonchev–Trinajstić information content (AvgIpc) is 3.06. The molecule has 122 valence electrons. The van der Waals surface area contributed by atoms with E-state index in [2.05, 4.69) is 16.0 Å². The highest BCUT2D eigenvalue weighted by atomic mass is 32.1. The summed E-state index contributed by atoms with van der Waals surface area (Å²) in [5.74, 6) is -0.158. The lowest BCUT2D eigenvalue weighted by atomic mass is 10.1. The van der Waals surface area contributed by atoms with Gasteiger partial charge < -0.3 is 4.74 Å². The maximum atomic E-state index is 11.7. The zero-order valence-electron chi connectivity index (χ0n) is 13.4. The molecule has 3 rings (SSSR count). The smallest absolute Gasteiger partial charge is 0.306 e. The molecule has 0 saturated carbocycles. The van der Waals surface area contributed by atoms with Gasteiger partial charge in [-0.1, -0.05) is 0 Å². The summed E-state index contributed by atoms with van der Waals surface area (Å²) in [6, 6.07) is 10.1. The first-order valence-electron chi connectivity index (χ1n) is 7.87. The van der Waals surface area contributed by atoms with E-state index in [9.17, 15) is 4.79 Å². The summed E-state index contributed by atoms with van der Waals surface area (Å²) in [6.07, 6.45) is 8.21. The summed E-state index contributed by atoms with van der Waals surface area (Å²) in [4.78, 5) is 22.2. The maximum Gasteiger partial charge on any atom is 0.306 e. The van der Waals surface area contributed by atoms with Crippen molar-refractivity contribution in [1.82, 2.24) is 9.97 Å². The Morgan fingerprint density at radius 2 is 1.67 bits per heavy atom. The van der Waals surface area contributed by atoms with Crippen LogP contribution in [0.4, 0.5) is 0 Å². The van der Waals surface area contributed by atoms with E-state index >= 15 is 0 Å². The van der Waals surface area contributed by atoms with Crippen LogP contribution in [-0.2, 0) is 16.0 Å². The van der Waals surface area contributed by atoms with E-state index in [0.717, 1.165) is 16.7 Å². The molecule has 0 amide bonds. The first kappa shape index (κ1) is 16.3. The fraction of sp³-hybridized carbons (Fsp3) is 0.211. The summed E-state index contributed by atoms with van der Waals surface area (Å²) in [5, 5.41) is 0. The molecule has 0 bridgehead atoms. The van der Waals surface area contributed by atoms with E-state index in [0.29, 0.717) is 19.4 Å². The van der Waals surface area contributed by atoms with Gasteiger partial charge in [-0.05, 0) is 60.4 Å². The van der Waals surface area contributed by atoms with Crippen molar-refractivity contribution < 1.29 is 9.53 Å². The minimum Gasteiger partial charge on any atom is -0.466 e. The average molecular weight is 338 g/mol. The molecule has 3 heterocycles. The van der Waals surface area contributed by atoms with Gasteiger partial charge in [0.25, 0.3) is 0 Å². The first-order valence-corrected chi connectivity index (χ1v) is 8.68. The zero-order valence-corrected chi connectivity index (χ0v) is 14.3. The lowest BCUT2D eigenvalue weighted by Gasteiger charge is -2.04. The van der Waals surface area contributed by atoms with Crippen molar-refractivity contribution in [2.45, 2.75) is 19.8 Å². The van der Waals surface area contributed by atoms with Crippen molar-refractivity contribution in [3.63, 3.8) is 0 Å². The molecule has 0 aromatic carbocycles. The highest BCUT2D eigenvalue weighted by Gasteiger charge is 2.14. The van der Waals surface area contributed by atoms with Crippen LogP contribution in [-0.4, -0.2) is 22.5 Å². The van der Waals surface area contributed by atoms with Gasteiger partial charge >= 0.3 is 5.97 Å². The molecule has 5 heteroatoms. The molecule has 0 aliphatic rings. The lowest BCUT2D eigenvalue weighted by Crippen LogP contribution is -2.05. The molecule has 0 fully saturated rings. The Kier molecular flexibility index (Phi) is 5.33. The Morgan fingerprint density at radius 1 is 1.04 bits per heavy atom. The molecule has 0 saturated heterocycles. The van der Waals surface area contributed by atoms with E-state index in [-0.39, 0.29) is 5.97 Å². The summed E-state index contributed by atoms with van der Waals surface area (Å²) in [7, 11) is 0. The van der Waals surface area contributed by atoms with Crippen LogP contribution in [0.2, 0.25) is 0 Å². The highest BCUT2D eigenvalue weighted by Crippen LogP contribution is 2.38. The van der Waals surface area contributed by atoms with Crippen LogP contribution < -0.4 is 0 Å². The summed E-state index contributed by atoms with van der Waals surface area (Å²) >= 11 is 1.72. The third-order valence-corrected chi connectivity index (χ3v) is 4.90. The van der Waals surface area contributed by atoms with E-state index < -0.39 is 0 Å². The molecule has 0 radical (unpaired) electrons. The van der Waals surface area contributed by atoms with E-state index in [1.54, 1.807) is 36.1 Å². The van der Waals surface area contributed by atoms with Crippen LogP contribution in [0.1, 0.15) is 18.9 Å². The second-order valence-corrected chi connectivity index (χ2v) is 6.29. The van der Waals surface area contributed by atoms with Crippen LogP contribution in [0.25, 0.3) is 20.9 Å². The Balaban J connectivity index is 1.93. The van der Waals surface area contributed by atoms with Crippen LogP contribution >= 0.6 is 11.3 Å². The number of esters is 1. The largest absolute Gasteiger partial charge is 0.466 e. The third kappa shape index (κ3) is 3.86. The van der Waals surface area contributed by atoms with Crippen molar-refractivity contribution in [2.75, 3.05) is 6.61 Å². The molecule has 3 aromatic heterocycles. The number of pyridine rings is 2. The number of hydrogen-bond donors (Lipinski definition) is 0. The minimum absolute atomic E-state index is 0.158. The van der Waals surface area contributed by atoms with Gasteiger partial charge in [0.1, 0.15) is 0 Å². The topological polar surface area (TPSA) is 52.1 Å². The van der Waals surface area contributed by atoms with Crippen molar-refractivity contribution in [2.24, 2.45) is 0 Å². The number of carbonyl (C=O) groups is 1. The fourth-order valence-corrected chi connectivity index (χ4v) is 3.71. The number of aryl methyl sites for hydroxylation is 1. The molecule has 0 unspecified atom stereocenters. The van der Waals surface area contributed by atoms with Gasteiger partial charge in [-0.2, -0.15) is 0 Å². The molecular weight excluding hydrogens is 320 g/mol. The molecule has 3 aromatic rings. The lowest BCUT2D eigenvalue weighted by molar-refractivity contribution is -0.143. The molecule has 0 N–H and O–H groups in total. The van der Waals surface area contributed by atoms with Gasteiger partial charge in [0.15, 0.2) is 0 Å². The monoisotopic (exact) mass is 338 g/mol. The molecule has 0 atom stereocenters. The number of carbonyl (C=O) groups excluding carboxylic acids is 1. The summed E-state index contributed by atoms with van der Waals surface area (Å²) in [5.41, 5.74) is 3.41. The SMILES string of the molecule is CCOC(=O)CCc1cc(-c2ccncc2)sc1-c1ccncc1. The zero-order chi connectivity index (χ0) is 16.8. The Bertz CT molecular complexity index is 801. The van der Waals surface area contributed by atoms with Crippen molar-refractivity contribution in [1.29, 1.82) is 0 Å². The molecule has 0 aliphatic heterocycles. The quantitative estimate of drug-likeness (QED) is 0.626. The third-order valence-electron chi connectivity index (χ3n) is 3.62. The van der Waals surface area contributed by atoms with Crippen LogP contribution in [0, 0.1) is 0 Å². The van der Waals surface area contributed by atoms with Gasteiger partial charge in [-0.15, -0.1) is 11.3 Å². The molecular formula is C19H18N2O2S. The van der Waals surface area contributed by atoms with Crippen LogP contribution in [0.5, 0.6) is 0 Å². The standard InChI is InChI=1S/C19H18N2O2S/c1-2-23-18(22)4-3-16-13-17(14-5-9-20-10-6-14)24-19(16)15-7-11-21-12-8-15/h5-13H,2-4H2,1H3. The highest BCUT2D eigenvalue weighted by molar-refractivity contribution is 7.19.